The molecule has 1 aliphatic heterocycles. The second-order valence-electron chi connectivity index (χ2n) is 7.66. The van der Waals surface area contributed by atoms with E-state index < -0.39 is 17.7 Å². The number of hydroxylamine groups is 2. The van der Waals surface area contributed by atoms with Gasteiger partial charge in [-0.15, -0.1) is 5.06 Å². The zero-order chi connectivity index (χ0) is 22.2. The first-order valence-corrected chi connectivity index (χ1v) is 9.82. The Morgan fingerprint density at radius 1 is 0.839 bits per heavy atom. The molecule has 163 valence electrons. The molecule has 0 aliphatic carbocycles. The highest BCUT2D eigenvalue weighted by molar-refractivity contribution is 5.84. The lowest BCUT2D eigenvalue weighted by molar-refractivity contribution is -0.289. The van der Waals surface area contributed by atoms with Gasteiger partial charge in [-0.3, -0.25) is 5.11 Å². The molecule has 8 heteroatoms. The molecule has 0 saturated carbocycles. The highest BCUT2D eigenvalue weighted by Gasteiger charge is 2.58. The number of nitrogens with zero attached hydrogens (tertiary/aromatic N) is 1. The first kappa shape index (κ1) is 21.4. The van der Waals surface area contributed by atoms with Crippen LogP contribution in [0.25, 0.3) is 10.8 Å². The first-order valence-electron chi connectivity index (χ1n) is 9.82. The third kappa shape index (κ3) is 4.44. The number of alkyl halides is 5. The highest BCUT2D eigenvalue weighted by atomic mass is 19.4. The fourth-order valence-electron chi connectivity index (χ4n) is 3.84. The summed E-state index contributed by atoms with van der Waals surface area (Å²) in [6, 6.07) is 14.8. The van der Waals surface area contributed by atoms with Crippen LogP contribution in [0.4, 0.5) is 22.0 Å². The van der Waals surface area contributed by atoms with Crippen LogP contribution in [-0.2, 0) is 11.0 Å². The Kier molecular flexibility index (Phi) is 5.51. The van der Waals surface area contributed by atoms with Gasteiger partial charge in [0.2, 0.25) is 0 Å². The molecule has 0 N–H and O–H groups in total. The van der Waals surface area contributed by atoms with Crippen LogP contribution in [0.15, 0.2) is 60.7 Å². The molecule has 1 fully saturated rings. The number of benzene rings is 3. The van der Waals surface area contributed by atoms with Crippen molar-refractivity contribution in [3.05, 3.63) is 71.8 Å². The Labute approximate surface area is 175 Å². The lowest BCUT2D eigenvalue weighted by Crippen LogP contribution is -2.36. The molecule has 4 rings (SSSR count). The zero-order valence-corrected chi connectivity index (χ0v) is 16.3. The lowest BCUT2D eigenvalue weighted by Gasteiger charge is -2.31. The number of fused-ring (bicyclic) bond motifs is 1. The van der Waals surface area contributed by atoms with Crippen LogP contribution in [0.1, 0.15) is 29.9 Å². The van der Waals surface area contributed by atoms with E-state index in [0.717, 1.165) is 47.4 Å². The molecule has 1 radical (unpaired) electrons. The van der Waals surface area contributed by atoms with Crippen LogP contribution in [-0.4, -0.2) is 24.3 Å². The van der Waals surface area contributed by atoms with E-state index in [1.807, 2.05) is 12.1 Å². The van der Waals surface area contributed by atoms with Crippen LogP contribution >= 0.6 is 0 Å². The molecular formula is C23H19F5NO2. The quantitative estimate of drug-likeness (QED) is 0.421. The smallest absolute Gasteiger partial charge is 0.406 e. The predicted molar refractivity (Wildman–Crippen MR) is 105 cm³/mol. The number of piperidine rings is 1. The second kappa shape index (κ2) is 8.00. The van der Waals surface area contributed by atoms with Gasteiger partial charge in [0, 0.05) is 18.7 Å². The molecule has 0 unspecified atom stereocenters. The molecule has 0 amide bonds. The third-order valence-electron chi connectivity index (χ3n) is 5.55. The average Bonchev–Trinajstić information content (AvgIpc) is 2.73. The molecule has 3 aromatic carbocycles. The maximum Gasteiger partial charge on any atom is 0.458 e. The van der Waals surface area contributed by atoms with Crippen molar-refractivity contribution in [3.8, 4) is 11.5 Å². The molecule has 1 saturated heterocycles. The Morgan fingerprint density at radius 2 is 1.52 bits per heavy atom. The van der Waals surface area contributed by atoms with E-state index in [4.69, 9.17) is 4.84 Å². The Balaban J connectivity index is 1.41. The molecule has 0 bridgehead atoms. The summed E-state index contributed by atoms with van der Waals surface area (Å²) in [5, 5.41) is 14.9. The van der Waals surface area contributed by atoms with E-state index >= 15 is 0 Å². The van der Waals surface area contributed by atoms with E-state index in [9.17, 15) is 27.1 Å². The molecule has 31 heavy (non-hydrogen) atoms. The van der Waals surface area contributed by atoms with Crippen molar-refractivity contribution < 1.29 is 31.9 Å². The summed E-state index contributed by atoms with van der Waals surface area (Å²) >= 11 is 0. The van der Waals surface area contributed by atoms with Crippen LogP contribution in [0.3, 0.4) is 0 Å². The van der Waals surface area contributed by atoms with E-state index in [1.54, 1.807) is 17.2 Å². The van der Waals surface area contributed by atoms with Gasteiger partial charge in [-0.1, -0.05) is 36.4 Å². The monoisotopic (exact) mass is 436 g/mol. The fraction of sp³-hybridized carbons (Fsp3) is 0.304. The number of hydrogen-bond acceptors (Lipinski definition) is 2. The number of halogens is 5. The van der Waals surface area contributed by atoms with Crippen LogP contribution < -0.4 is 4.84 Å². The summed E-state index contributed by atoms with van der Waals surface area (Å²) in [6.45, 7) is 1.00. The average molecular weight is 436 g/mol. The van der Waals surface area contributed by atoms with Gasteiger partial charge in [0.15, 0.2) is 5.75 Å². The molecule has 0 aromatic heterocycles. The molecule has 3 aromatic rings. The normalized spacial score (nSPS) is 16.5. The molecule has 0 spiro atoms. The van der Waals surface area contributed by atoms with Crippen molar-refractivity contribution in [2.75, 3.05) is 13.1 Å². The Morgan fingerprint density at radius 3 is 2.23 bits per heavy atom. The zero-order valence-electron chi connectivity index (χ0n) is 16.3. The largest absolute Gasteiger partial charge is 0.458 e. The van der Waals surface area contributed by atoms with Gasteiger partial charge in [0.1, 0.15) is 5.75 Å². The van der Waals surface area contributed by atoms with E-state index in [2.05, 4.69) is 6.07 Å². The molecule has 1 aliphatic rings. The molecular weight excluding hydrogens is 417 g/mol. The molecule has 3 nitrogen and oxygen atoms in total. The summed E-state index contributed by atoms with van der Waals surface area (Å²) in [7, 11) is 0. The number of rotatable bonds is 4. The van der Waals surface area contributed by atoms with Gasteiger partial charge in [-0.05, 0) is 59.4 Å². The highest BCUT2D eigenvalue weighted by Crippen LogP contribution is 2.44. The Hall–Kier alpha value is -2.87. The van der Waals surface area contributed by atoms with Gasteiger partial charge in [-0.2, -0.15) is 22.0 Å². The van der Waals surface area contributed by atoms with Crippen molar-refractivity contribution >= 4 is 10.8 Å². The van der Waals surface area contributed by atoms with E-state index in [0.29, 0.717) is 13.1 Å². The lowest BCUT2D eigenvalue weighted by atomic mass is 9.89. The molecule has 0 atom stereocenters. The number of hydrogen-bond donors (Lipinski definition) is 0. The van der Waals surface area contributed by atoms with Gasteiger partial charge < -0.3 is 4.84 Å². The van der Waals surface area contributed by atoms with E-state index in [-0.39, 0.29) is 17.4 Å². The molecule has 1 heterocycles. The van der Waals surface area contributed by atoms with Crippen LogP contribution in [0, 0.1) is 0 Å². The van der Waals surface area contributed by atoms with Crippen molar-refractivity contribution in [1.82, 2.24) is 5.06 Å². The van der Waals surface area contributed by atoms with Gasteiger partial charge >= 0.3 is 12.1 Å². The van der Waals surface area contributed by atoms with Crippen molar-refractivity contribution in [3.63, 3.8) is 0 Å². The van der Waals surface area contributed by atoms with Gasteiger partial charge in [0.05, 0.1) is 0 Å². The second-order valence-corrected chi connectivity index (χ2v) is 7.66. The van der Waals surface area contributed by atoms with Crippen molar-refractivity contribution in [2.24, 2.45) is 0 Å². The SMILES string of the molecule is [O]c1ccc2cc(C3CCN(Oc4cccc(C(F)(F)C(F)(F)F)c4)CC3)ccc2c1. The predicted octanol–water partition coefficient (Wildman–Crippen LogP) is 6.81. The first-order chi connectivity index (χ1) is 14.6. The third-order valence-corrected chi connectivity index (χ3v) is 5.55. The standard InChI is InChI=1S/C23H19F5NO2/c24-22(25,23(26,27)28)19-2-1-3-21(14-19)31-29-10-8-15(9-11-29)16-4-5-18-13-20(30)7-6-17(18)12-16/h1-7,12-15H,8-11H2. The summed E-state index contributed by atoms with van der Waals surface area (Å²) in [5.41, 5.74) is -0.0117. The maximum atomic E-state index is 13.6. The van der Waals surface area contributed by atoms with E-state index in [1.165, 1.54) is 12.1 Å². The maximum absolute atomic E-state index is 13.6. The summed E-state index contributed by atoms with van der Waals surface area (Å²) in [6.07, 6.45) is -4.19. The van der Waals surface area contributed by atoms with Gasteiger partial charge in [-0.25, -0.2) is 0 Å². The van der Waals surface area contributed by atoms with Crippen molar-refractivity contribution in [2.45, 2.75) is 30.9 Å². The minimum Gasteiger partial charge on any atom is -0.406 e. The summed E-state index contributed by atoms with van der Waals surface area (Å²) < 4.78 is 65.0. The fourth-order valence-corrected chi connectivity index (χ4v) is 3.84. The minimum absolute atomic E-state index is 0.0391. The van der Waals surface area contributed by atoms with Crippen molar-refractivity contribution in [1.29, 1.82) is 0 Å². The van der Waals surface area contributed by atoms with Gasteiger partial charge in [0.25, 0.3) is 0 Å². The van der Waals surface area contributed by atoms with Crippen LogP contribution in [0.5, 0.6) is 11.5 Å². The van der Waals surface area contributed by atoms with Crippen LogP contribution in [0.2, 0.25) is 0 Å². The minimum atomic E-state index is -5.67. The summed E-state index contributed by atoms with van der Waals surface area (Å²) in [5.74, 6) is -4.78. The Bertz CT molecular complexity index is 1070. The topological polar surface area (TPSA) is 32.4 Å². The summed E-state index contributed by atoms with van der Waals surface area (Å²) in [4.78, 5) is 5.57.